The van der Waals surface area contributed by atoms with Crippen LogP contribution in [0.15, 0.2) is 42.2 Å². The summed E-state index contributed by atoms with van der Waals surface area (Å²) in [5, 5.41) is 5.91. The highest BCUT2D eigenvalue weighted by atomic mass is 16.5. The molecule has 1 amide bonds. The number of hydrogen-bond acceptors (Lipinski definition) is 3. The molecule has 96 valence electrons. The van der Waals surface area contributed by atoms with Crippen LogP contribution >= 0.6 is 0 Å². The highest BCUT2D eigenvalue weighted by Gasteiger charge is 2.07. The van der Waals surface area contributed by atoms with E-state index in [0.717, 1.165) is 37.1 Å². The summed E-state index contributed by atoms with van der Waals surface area (Å²) >= 11 is 0. The summed E-state index contributed by atoms with van der Waals surface area (Å²) in [6.07, 6.45) is 4.55. The first-order valence-electron chi connectivity index (χ1n) is 6.25. The average Bonchev–Trinajstić information content (AvgIpc) is 2.66. The Hall–Kier alpha value is -1.97. The number of benzene rings is 1. The fourth-order valence-corrected chi connectivity index (χ4v) is 1.80. The molecule has 1 aliphatic heterocycles. The zero-order chi connectivity index (χ0) is 12.6. The molecule has 0 spiro atoms. The van der Waals surface area contributed by atoms with E-state index in [1.807, 2.05) is 36.5 Å². The number of alkyl carbamates (subject to hydrolysis) is 1. The van der Waals surface area contributed by atoms with E-state index in [1.54, 1.807) is 0 Å². The molecule has 4 nitrogen and oxygen atoms in total. The summed E-state index contributed by atoms with van der Waals surface area (Å²) in [7, 11) is 0. The topological polar surface area (TPSA) is 50.4 Å². The van der Waals surface area contributed by atoms with Crippen LogP contribution in [0.5, 0.6) is 0 Å². The van der Waals surface area contributed by atoms with Crippen molar-refractivity contribution in [2.45, 2.75) is 25.9 Å². The molecule has 0 unspecified atom stereocenters. The van der Waals surface area contributed by atoms with Crippen molar-refractivity contribution in [2.75, 3.05) is 6.54 Å². The molecule has 2 N–H and O–H groups in total. The van der Waals surface area contributed by atoms with Crippen LogP contribution in [-0.4, -0.2) is 12.6 Å². The van der Waals surface area contributed by atoms with Gasteiger partial charge in [0.15, 0.2) is 0 Å². The second kappa shape index (κ2) is 6.69. The number of rotatable bonds is 3. The molecule has 1 aliphatic rings. The van der Waals surface area contributed by atoms with Crippen molar-refractivity contribution < 1.29 is 9.53 Å². The molecule has 1 heterocycles. The van der Waals surface area contributed by atoms with E-state index < -0.39 is 6.09 Å². The monoisotopic (exact) mass is 246 g/mol. The molecular formula is C14H18N2O2. The van der Waals surface area contributed by atoms with E-state index in [9.17, 15) is 4.79 Å². The lowest BCUT2D eigenvalue weighted by molar-refractivity contribution is 0.142. The van der Waals surface area contributed by atoms with Gasteiger partial charge in [-0.25, -0.2) is 4.79 Å². The Balaban J connectivity index is 1.76. The lowest BCUT2D eigenvalue weighted by atomic mass is 10.2. The zero-order valence-electron chi connectivity index (χ0n) is 10.3. The fourth-order valence-electron chi connectivity index (χ4n) is 1.80. The molecule has 18 heavy (non-hydrogen) atoms. The number of amides is 1. The Morgan fingerprint density at radius 1 is 1.28 bits per heavy atom. The molecule has 1 aromatic carbocycles. The quantitative estimate of drug-likeness (QED) is 0.861. The van der Waals surface area contributed by atoms with Gasteiger partial charge in [-0.15, -0.1) is 0 Å². The third kappa shape index (κ3) is 4.13. The van der Waals surface area contributed by atoms with Gasteiger partial charge in [0.1, 0.15) is 6.61 Å². The van der Waals surface area contributed by atoms with Gasteiger partial charge in [-0.1, -0.05) is 30.3 Å². The number of carbonyl (C=O) groups is 1. The van der Waals surface area contributed by atoms with Gasteiger partial charge in [0, 0.05) is 18.4 Å². The van der Waals surface area contributed by atoms with Crippen LogP contribution in [0.1, 0.15) is 24.8 Å². The van der Waals surface area contributed by atoms with E-state index >= 15 is 0 Å². The third-order valence-electron chi connectivity index (χ3n) is 2.77. The lowest BCUT2D eigenvalue weighted by Gasteiger charge is -2.09. The number of allylic oxidation sites excluding steroid dienone is 1. The number of ether oxygens (including phenoxy) is 1. The maximum absolute atomic E-state index is 11.6. The molecule has 0 radical (unpaired) electrons. The maximum atomic E-state index is 11.6. The predicted molar refractivity (Wildman–Crippen MR) is 69.7 cm³/mol. The van der Waals surface area contributed by atoms with Gasteiger partial charge < -0.3 is 10.1 Å². The molecule has 0 fully saturated rings. The summed E-state index contributed by atoms with van der Waals surface area (Å²) in [6.45, 7) is 1.26. The van der Waals surface area contributed by atoms with Crippen LogP contribution in [0.3, 0.4) is 0 Å². The molecule has 0 aromatic heterocycles. The van der Waals surface area contributed by atoms with Gasteiger partial charge in [-0.2, -0.15) is 0 Å². The first-order valence-corrected chi connectivity index (χ1v) is 6.25. The SMILES string of the molecule is O=C(NC1=CNCCCC1)OCc1ccccc1. The molecule has 1 aromatic rings. The van der Waals surface area contributed by atoms with Crippen LogP contribution in [0.4, 0.5) is 4.79 Å². The molecule has 0 atom stereocenters. The van der Waals surface area contributed by atoms with Crippen molar-refractivity contribution in [3.63, 3.8) is 0 Å². The standard InChI is InChI=1S/C14H18N2O2/c17-14(16-13-8-4-5-9-15-10-13)18-11-12-6-2-1-3-7-12/h1-3,6-7,10,15H,4-5,8-9,11H2,(H,16,17). The Kier molecular flexibility index (Phi) is 4.64. The van der Waals surface area contributed by atoms with Crippen LogP contribution in [0.25, 0.3) is 0 Å². The summed E-state index contributed by atoms with van der Waals surface area (Å²) in [5.41, 5.74) is 1.88. The van der Waals surface area contributed by atoms with Crippen LogP contribution in [0, 0.1) is 0 Å². The second-order valence-corrected chi connectivity index (χ2v) is 4.27. The largest absolute Gasteiger partial charge is 0.444 e. The normalized spacial score (nSPS) is 15.0. The van der Waals surface area contributed by atoms with Crippen molar-refractivity contribution in [1.29, 1.82) is 0 Å². The molecule has 0 saturated heterocycles. The molecule has 2 rings (SSSR count). The summed E-state index contributed by atoms with van der Waals surface area (Å²) < 4.78 is 5.15. The highest BCUT2D eigenvalue weighted by molar-refractivity contribution is 5.69. The van der Waals surface area contributed by atoms with E-state index in [2.05, 4.69) is 10.6 Å². The fraction of sp³-hybridized carbons (Fsp3) is 0.357. The van der Waals surface area contributed by atoms with Gasteiger partial charge >= 0.3 is 6.09 Å². The van der Waals surface area contributed by atoms with E-state index in [1.165, 1.54) is 0 Å². The Morgan fingerprint density at radius 2 is 2.11 bits per heavy atom. The van der Waals surface area contributed by atoms with Crippen LogP contribution in [-0.2, 0) is 11.3 Å². The lowest BCUT2D eigenvalue weighted by Crippen LogP contribution is -2.24. The molecular weight excluding hydrogens is 228 g/mol. The molecule has 4 heteroatoms. The predicted octanol–water partition coefficient (Wildman–Crippen LogP) is 2.53. The molecule has 0 bridgehead atoms. The Morgan fingerprint density at radius 3 is 2.94 bits per heavy atom. The first kappa shape index (κ1) is 12.5. The zero-order valence-corrected chi connectivity index (χ0v) is 10.3. The number of nitrogens with one attached hydrogen (secondary N) is 2. The van der Waals surface area contributed by atoms with Gasteiger partial charge in [0.2, 0.25) is 0 Å². The second-order valence-electron chi connectivity index (χ2n) is 4.27. The van der Waals surface area contributed by atoms with Crippen molar-refractivity contribution in [2.24, 2.45) is 0 Å². The summed E-state index contributed by atoms with van der Waals surface area (Å²) in [5.74, 6) is 0. The maximum Gasteiger partial charge on any atom is 0.411 e. The summed E-state index contributed by atoms with van der Waals surface area (Å²) in [6, 6.07) is 9.65. The van der Waals surface area contributed by atoms with E-state index in [0.29, 0.717) is 6.61 Å². The average molecular weight is 246 g/mol. The number of hydrogen-bond donors (Lipinski definition) is 2. The molecule has 0 aliphatic carbocycles. The smallest absolute Gasteiger partial charge is 0.411 e. The van der Waals surface area contributed by atoms with Crippen LogP contribution in [0.2, 0.25) is 0 Å². The number of carbonyl (C=O) groups excluding carboxylic acids is 1. The van der Waals surface area contributed by atoms with Gasteiger partial charge in [0.05, 0.1) is 0 Å². The Labute approximate surface area is 107 Å². The highest BCUT2D eigenvalue weighted by Crippen LogP contribution is 2.07. The minimum Gasteiger partial charge on any atom is -0.444 e. The van der Waals surface area contributed by atoms with Crippen molar-refractivity contribution in [3.8, 4) is 0 Å². The third-order valence-corrected chi connectivity index (χ3v) is 2.77. The van der Waals surface area contributed by atoms with Crippen molar-refractivity contribution in [3.05, 3.63) is 47.8 Å². The van der Waals surface area contributed by atoms with Gasteiger partial charge in [-0.05, 0) is 24.8 Å². The Bertz CT molecular complexity index is 415. The van der Waals surface area contributed by atoms with E-state index in [4.69, 9.17) is 4.74 Å². The first-order chi connectivity index (χ1) is 8.84. The van der Waals surface area contributed by atoms with Gasteiger partial charge in [-0.3, -0.25) is 5.32 Å². The molecule has 0 saturated carbocycles. The van der Waals surface area contributed by atoms with Gasteiger partial charge in [0.25, 0.3) is 0 Å². The van der Waals surface area contributed by atoms with E-state index in [-0.39, 0.29) is 0 Å². The van der Waals surface area contributed by atoms with Crippen molar-refractivity contribution >= 4 is 6.09 Å². The van der Waals surface area contributed by atoms with Crippen LogP contribution < -0.4 is 10.6 Å². The minimum absolute atomic E-state index is 0.299. The minimum atomic E-state index is -0.395. The summed E-state index contributed by atoms with van der Waals surface area (Å²) in [4.78, 5) is 11.6. The van der Waals surface area contributed by atoms with Crippen molar-refractivity contribution in [1.82, 2.24) is 10.6 Å².